The van der Waals surface area contributed by atoms with Gasteiger partial charge in [0, 0.05) is 37.3 Å². The van der Waals surface area contributed by atoms with E-state index < -0.39 is 33.5 Å². The van der Waals surface area contributed by atoms with E-state index in [1.807, 2.05) is 32.9 Å². The molecule has 12 heteroatoms. The van der Waals surface area contributed by atoms with Gasteiger partial charge in [-0.05, 0) is 42.0 Å². The third kappa shape index (κ3) is 6.44. The second-order valence-corrected chi connectivity index (χ2v) is 12.1. The van der Waals surface area contributed by atoms with Gasteiger partial charge >= 0.3 is 12.4 Å². The Bertz CT molecular complexity index is 1230. The molecule has 2 atom stereocenters. The summed E-state index contributed by atoms with van der Waals surface area (Å²) >= 11 is 0. The van der Waals surface area contributed by atoms with E-state index in [9.17, 15) is 39.9 Å². The van der Waals surface area contributed by atoms with Crippen LogP contribution in [0.3, 0.4) is 0 Å². The SMILES string of the molecule is CCCC1CN(Cc2ccc(-c3ccc(C(O)(C(F)(F)F)C(F)(F)F)cc3)c(CC)c2)CC(C)N1S(C)(=O)=O. The van der Waals surface area contributed by atoms with Gasteiger partial charge in [-0.2, -0.15) is 30.6 Å². The van der Waals surface area contributed by atoms with E-state index >= 15 is 0 Å². The number of hydrogen-bond acceptors (Lipinski definition) is 4. The Morgan fingerprint density at radius 2 is 1.54 bits per heavy atom. The molecule has 0 aliphatic carbocycles. The molecule has 1 fully saturated rings. The van der Waals surface area contributed by atoms with Crippen molar-refractivity contribution in [3.8, 4) is 11.1 Å². The number of benzene rings is 2. The fraction of sp³-hybridized carbons (Fsp3) is 0.556. The van der Waals surface area contributed by atoms with Crippen molar-refractivity contribution in [3.63, 3.8) is 0 Å². The van der Waals surface area contributed by atoms with E-state index in [4.69, 9.17) is 0 Å². The van der Waals surface area contributed by atoms with Crippen LogP contribution in [0, 0.1) is 0 Å². The zero-order valence-corrected chi connectivity index (χ0v) is 23.1. The summed E-state index contributed by atoms with van der Waals surface area (Å²) in [5.74, 6) is 0. The smallest absolute Gasteiger partial charge is 0.369 e. The first-order valence-corrected chi connectivity index (χ1v) is 14.6. The van der Waals surface area contributed by atoms with Crippen LogP contribution < -0.4 is 0 Å². The summed E-state index contributed by atoms with van der Waals surface area (Å²) < 4.78 is 106. The van der Waals surface area contributed by atoms with Crippen molar-refractivity contribution in [2.45, 2.75) is 76.6 Å². The predicted octanol–water partition coefficient (Wildman–Crippen LogP) is 5.86. The molecule has 0 bridgehead atoms. The van der Waals surface area contributed by atoms with Crippen LogP contribution in [0.5, 0.6) is 0 Å². The van der Waals surface area contributed by atoms with Gasteiger partial charge in [-0.3, -0.25) is 4.90 Å². The van der Waals surface area contributed by atoms with Gasteiger partial charge in [0.05, 0.1) is 6.26 Å². The molecule has 0 amide bonds. The first-order chi connectivity index (χ1) is 17.9. The Labute approximate surface area is 225 Å². The zero-order chi connectivity index (χ0) is 29.4. The second kappa shape index (κ2) is 11.4. The number of piperazine rings is 1. The van der Waals surface area contributed by atoms with E-state index in [1.54, 1.807) is 10.4 Å². The summed E-state index contributed by atoms with van der Waals surface area (Å²) in [5.41, 5.74) is -3.36. The van der Waals surface area contributed by atoms with Crippen LogP contribution in [0.25, 0.3) is 11.1 Å². The highest BCUT2D eigenvalue weighted by atomic mass is 32.2. The Morgan fingerprint density at radius 1 is 0.949 bits per heavy atom. The standard InChI is InChI=1S/C27H34F6N2O3S/c1-5-7-23-17-34(15-18(3)35(23)39(4,37)38)16-19-8-13-24(20(6-2)14-19)21-9-11-22(12-10-21)25(36,26(28,29)30)27(31,32)33/h8-14,18,23,36H,5-7,15-17H2,1-4H3. The topological polar surface area (TPSA) is 60.9 Å². The monoisotopic (exact) mass is 580 g/mol. The highest BCUT2D eigenvalue weighted by Gasteiger charge is 2.71. The molecule has 39 heavy (non-hydrogen) atoms. The van der Waals surface area contributed by atoms with E-state index in [0.29, 0.717) is 49.3 Å². The molecule has 5 nitrogen and oxygen atoms in total. The van der Waals surface area contributed by atoms with Crippen LogP contribution in [0.1, 0.15) is 50.3 Å². The van der Waals surface area contributed by atoms with Crippen molar-refractivity contribution in [1.82, 2.24) is 9.21 Å². The number of aryl methyl sites for hydroxylation is 1. The maximum atomic E-state index is 13.2. The lowest BCUT2D eigenvalue weighted by molar-refractivity contribution is -0.376. The largest absolute Gasteiger partial charge is 0.430 e. The molecular weight excluding hydrogens is 546 g/mol. The number of hydrogen-bond donors (Lipinski definition) is 1. The molecule has 1 aliphatic heterocycles. The van der Waals surface area contributed by atoms with Crippen molar-refractivity contribution in [2.24, 2.45) is 0 Å². The lowest BCUT2D eigenvalue weighted by Gasteiger charge is -2.44. The van der Waals surface area contributed by atoms with Gasteiger partial charge in [-0.15, -0.1) is 0 Å². The predicted molar refractivity (Wildman–Crippen MR) is 137 cm³/mol. The molecule has 1 aliphatic rings. The average molecular weight is 581 g/mol. The number of halogens is 6. The molecular formula is C27H34F6N2O3S. The molecule has 1 saturated heterocycles. The second-order valence-electron chi connectivity index (χ2n) is 10.2. The van der Waals surface area contributed by atoms with Crippen molar-refractivity contribution >= 4 is 10.0 Å². The van der Waals surface area contributed by atoms with Crippen molar-refractivity contribution < 1.29 is 39.9 Å². The number of nitrogens with zero attached hydrogens (tertiary/aromatic N) is 2. The van der Waals surface area contributed by atoms with Crippen LogP contribution in [0.15, 0.2) is 42.5 Å². The molecule has 0 aromatic heterocycles. The van der Waals surface area contributed by atoms with E-state index in [-0.39, 0.29) is 12.1 Å². The van der Waals surface area contributed by atoms with Gasteiger partial charge in [-0.1, -0.05) is 62.7 Å². The zero-order valence-electron chi connectivity index (χ0n) is 22.3. The van der Waals surface area contributed by atoms with E-state index in [2.05, 4.69) is 4.90 Å². The number of aliphatic hydroxyl groups is 1. The van der Waals surface area contributed by atoms with E-state index in [0.717, 1.165) is 36.1 Å². The summed E-state index contributed by atoms with van der Waals surface area (Å²) in [6.07, 6.45) is -8.51. The summed E-state index contributed by atoms with van der Waals surface area (Å²) in [5, 5.41) is 9.65. The van der Waals surface area contributed by atoms with Crippen molar-refractivity contribution in [1.29, 1.82) is 0 Å². The molecule has 218 valence electrons. The van der Waals surface area contributed by atoms with Crippen LogP contribution in [0.2, 0.25) is 0 Å². The van der Waals surface area contributed by atoms with Crippen molar-refractivity contribution in [2.75, 3.05) is 19.3 Å². The van der Waals surface area contributed by atoms with Gasteiger partial charge in [0.25, 0.3) is 5.60 Å². The van der Waals surface area contributed by atoms with E-state index in [1.165, 1.54) is 6.26 Å². The fourth-order valence-electron chi connectivity index (χ4n) is 5.50. The van der Waals surface area contributed by atoms with Gasteiger partial charge in [0.15, 0.2) is 0 Å². The molecule has 0 radical (unpaired) electrons. The number of rotatable bonds is 8. The molecule has 3 rings (SSSR count). The summed E-state index contributed by atoms with van der Waals surface area (Å²) in [4.78, 5) is 2.20. The molecule has 2 unspecified atom stereocenters. The van der Waals surface area contributed by atoms with Gasteiger partial charge in [0.1, 0.15) is 0 Å². The van der Waals surface area contributed by atoms with Gasteiger partial charge in [0.2, 0.25) is 10.0 Å². The number of alkyl halides is 6. The fourth-order valence-corrected chi connectivity index (χ4v) is 6.94. The first kappa shape index (κ1) is 31.4. The Kier molecular flexibility index (Phi) is 9.16. The Morgan fingerprint density at radius 3 is 2.03 bits per heavy atom. The van der Waals surface area contributed by atoms with Gasteiger partial charge < -0.3 is 5.11 Å². The molecule has 2 aromatic carbocycles. The summed E-state index contributed by atoms with van der Waals surface area (Å²) in [6, 6.07) is 8.86. The summed E-state index contributed by atoms with van der Waals surface area (Å²) in [7, 11) is -3.35. The highest BCUT2D eigenvalue weighted by Crippen LogP contribution is 2.50. The third-order valence-corrected chi connectivity index (χ3v) is 8.61. The van der Waals surface area contributed by atoms with Gasteiger partial charge in [-0.25, -0.2) is 8.42 Å². The average Bonchev–Trinajstić information content (AvgIpc) is 2.81. The molecule has 1 N–H and O–H groups in total. The number of sulfonamides is 1. The van der Waals surface area contributed by atoms with Crippen LogP contribution >= 0.6 is 0 Å². The third-order valence-electron chi connectivity index (χ3n) is 7.18. The molecule has 0 spiro atoms. The Balaban J connectivity index is 1.86. The molecule has 1 heterocycles. The lowest BCUT2D eigenvalue weighted by atomic mass is 9.89. The molecule has 0 saturated carbocycles. The maximum Gasteiger partial charge on any atom is 0.430 e. The lowest BCUT2D eigenvalue weighted by Crippen LogP contribution is -2.58. The Hall–Kier alpha value is -2.15. The minimum absolute atomic E-state index is 0.135. The minimum Gasteiger partial charge on any atom is -0.369 e. The summed E-state index contributed by atoms with van der Waals surface area (Å²) in [6.45, 7) is 7.50. The minimum atomic E-state index is -5.94. The van der Waals surface area contributed by atoms with Crippen molar-refractivity contribution in [3.05, 3.63) is 59.2 Å². The maximum absolute atomic E-state index is 13.2. The highest BCUT2D eigenvalue weighted by molar-refractivity contribution is 7.88. The quantitative estimate of drug-likeness (QED) is 0.398. The van der Waals surface area contributed by atoms with Crippen LogP contribution in [-0.2, 0) is 28.6 Å². The molecule has 2 aromatic rings. The normalized spacial score (nSPS) is 20.4. The van der Waals surface area contributed by atoms with Crippen LogP contribution in [0.4, 0.5) is 26.3 Å². The first-order valence-electron chi connectivity index (χ1n) is 12.7. The van der Waals surface area contributed by atoms with Crippen LogP contribution in [-0.4, -0.2) is 66.5 Å².